The first-order valence-electron chi connectivity index (χ1n) is 9.43. The highest BCUT2D eigenvalue weighted by molar-refractivity contribution is 6.14. The van der Waals surface area contributed by atoms with E-state index in [9.17, 15) is 19.2 Å². The Hall–Kier alpha value is -4.28. The minimum absolute atomic E-state index is 0.0104. The van der Waals surface area contributed by atoms with Crippen molar-refractivity contribution in [3.05, 3.63) is 53.1 Å². The van der Waals surface area contributed by atoms with Gasteiger partial charge in [0.25, 0.3) is 11.8 Å². The van der Waals surface area contributed by atoms with Gasteiger partial charge in [0.05, 0.1) is 13.7 Å². The molecule has 3 N–H and O–H groups in total. The summed E-state index contributed by atoms with van der Waals surface area (Å²) in [5.41, 5.74) is 6.44. The van der Waals surface area contributed by atoms with Crippen molar-refractivity contribution in [2.75, 3.05) is 32.7 Å². The van der Waals surface area contributed by atoms with E-state index in [1.54, 1.807) is 18.2 Å². The monoisotopic (exact) mass is 442 g/mol. The van der Waals surface area contributed by atoms with Crippen molar-refractivity contribution in [1.82, 2.24) is 10.2 Å². The summed E-state index contributed by atoms with van der Waals surface area (Å²) >= 11 is 0. The molecule has 1 aromatic carbocycles. The van der Waals surface area contributed by atoms with Crippen molar-refractivity contribution < 1.29 is 33.1 Å². The average molecular weight is 442 g/mol. The Morgan fingerprint density at radius 3 is 2.62 bits per heavy atom. The number of hydrogen-bond acceptors (Lipinski definition) is 8. The molecule has 11 nitrogen and oxygen atoms in total. The number of nitrogens with one attached hydrogen (secondary N) is 1. The number of carbonyl (C=O) groups excluding carboxylic acids is 4. The maximum absolute atomic E-state index is 12.8. The minimum Gasteiger partial charge on any atom is -0.483 e. The number of nitrogens with zero attached hydrogens (tertiary/aromatic N) is 2. The number of rotatable bonds is 8. The normalized spacial score (nSPS) is 14.5. The third-order valence-electron chi connectivity index (χ3n) is 4.51. The molecule has 1 saturated heterocycles. The lowest BCUT2D eigenvalue weighted by molar-refractivity contribution is -0.123. The highest BCUT2D eigenvalue weighted by Crippen LogP contribution is 2.28. The summed E-state index contributed by atoms with van der Waals surface area (Å²) in [7, 11) is 4.89. The second-order valence-corrected chi connectivity index (χ2v) is 7.01. The molecule has 0 unspecified atom stereocenters. The fourth-order valence-corrected chi connectivity index (χ4v) is 2.89. The summed E-state index contributed by atoms with van der Waals surface area (Å²) in [6.07, 6.45) is 1.44. The number of anilines is 1. The zero-order valence-corrected chi connectivity index (χ0v) is 17.7. The van der Waals surface area contributed by atoms with E-state index in [-0.39, 0.29) is 30.4 Å². The lowest BCUT2D eigenvalue weighted by atomic mass is 10.1. The van der Waals surface area contributed by atoms with Crippen LogP contribution in [0.15, 0.2) is 40.4 Å². The first-order chi connectivity index (χ1) is 15.2. The number of esters is 1. The number of methoxy groups -OCH3 is 1. The molecule has 168 valence electrons. The van der Waals surface area contributed by atoms with E-state index >= 15 is 0 Å². The minimum atomic E-state index is -0.668. The molecule has 0 aliphatic carbocycles. The van der Waals surface area contributed by atoms with Crippen LogP contribution in [0.4, 0.5) is 10.5 Å². The average Bonchev–Trinajstić information content (AvgIpc) is 3.32. The third kappa shape index (κ3) is 4.89. The summed E-state index contributed by atoms with van der Waals surface area (Å²) in [6, 6.07) is 7.39. The van der Waals surface area contributed by atoms with Gasteiger partial charge in [-0.3, -0.25) is 14.5 Å². The van der Waals surface area contributed by atoms with Gasteiger partial charge in [0.15, 0.2) is 6.61 Å². The van der Waals surface area contributed by atoms with Crippen LogP contribution < -0.4 is 20.7 Å². The van der Waals surface area contributed by atoms with Crippen LogP contribution in [-0.4, -0.2) is 56.5 Å². The number of imide groups is 1. The summed E-state index contributed by atoms with van der Waals surface area (Å²) < 4.78 is 15.4. The molecule has 1 aliphatic rings. The molecule has 3 rings (SSSR count). The first kappa shape index (κ1) is 22.4. The number of ether oxygens (including phenoxy) is 2. The standard InChI is InChI=1S/C21H22N4O7/c1-24(2)13-5-4-12(17(9-13)31-11-18(22)26)8-15-19(27)25(21(29)23-15)10-14-6-7-16(32-14)20(28)30-3/h4-9H,10-11H2,1-3H3,(H2,22,26)(H,23,29)/b15-8-. The van der Waals surface area contributed by atoms with Gasteiger partial charge in [-0.1, -0.05) is 0 Å². The van der Waals surface area contributed by atoms with Crippen molar-refractivity contribution in [3.8, 4) is 5.75 Å². The molecule has 32 heavy (non-hydrogen) atoms. The Balaban J connectivity index is 1.84. The predicted octanol–water partition coefficient (Wildman–Crippen LogP) is 1.09. The SMILES string of the molecule is COC(=O)c1ccc(CN2C(=O)N/C(=C\c3ccc(N(C)C)cc3OCC(N)=O)C2=O)o1. The first-order valence-corrected chi connectivity index (χ1v) is 9.43. The fourth-order valence-electron chi connectivity index (χ4n) is 2.89. The molecule has 1 aromatic heterocycles. The van der Waals surface area contributed by atoms with E-state index in [4.69, 9.17) is 14.9 Å². The van der Waals surface area contributed by atoms with Gasteiger partial charge in [-0.2, -0.15) is 0 Å². The van der Waals surface area contributed by atoms with Gasteiger partial charge in [0.1, 0.15) is 17.2 Å². The molecule has 11 heteroatoms. The number of urea groups is 1. The number of hydrogen-bond donors (Lipinski definition) is 2. The van der Waals surface area contributed by atoms with Gasteiger partial charge < -0.3 is 29.8 Å². The van der Waals surface area contributed by atoms with Crippen LogP contribution in [0.25, 0.3) is 6.08 Å². The molecule has 0 atom stereocenters. The second-order valence-electron chi connectivity index (χ2n) is 7.01. The molecule has 0 spiro atoms. The van der Waals surface area contributed by atoms with Gasteiger partial charge in [-0.05, 0) is 30.3 Å². The van der Waals surface area contributed by atoms with Crippen LogP contribution >= 0.6 is 0 Å². The molecule has 4 amide bonds. The van der Waals surface area contributed by atoms with Crippen LogP contribution in [0.1, 0.15) is 21.9 Å². The highest BCUT2D eigenvalue weighted by atomic mass is 16.5. The lowest BCUT2D eigenvalue weighted by Gasteiger charge is -2.16. The second kappa shape index (κ2) is 9.25. The molecule has 2 aromatic rings. The molecular formula is C21H22N4O7. The molecule has 0 saturated carbocycles. The molecule has 0 radical (unpaired) electrons. The number of benzene rings is 1. The van der Waals surface area contributed by atoms with E-state index in [0.717, 1.165) is 10.6 Å². The largest absolute Gasteiger partial charge is 0.483 e. The van der Waals surface area contributed by atoms with Gasteiger partial charge >= 0.3 is 12.0 Å². The fraction of sp³-hybridized carbons (Fsp3) is 0.238. The highest BCUT2D eigenvalue weighted by Gasteiger charge is 2.34. The van der Waals surface area contributed by atoms with Crippen LogP contribution in [0.3, 0.4) is 0 Å². The van der Waals surface area contributed by atoms with Crippen molar-refractivity contribution in [1.29, 1.82) is 0 Å². The Morgan fingerprint density at radius 2 is 1.97 bits per heavy atom. The number of furan rings is 1. The number of nitrogens with two attached hydrogens (primary N) is 1. The van der Waals surface area contributed by atoms with E-state index < -0.39 is 23.8 Å². The third-order valence-corrected chi connectivity index (χ3v) is 4.51. The van der Waals surface area contributed by atoms with Gasteiger partial charge in [0, 0.05) is 31.4 Å². The van der Waals surface area contributed by atoms with Gasteiger partial charge in [-0.25, -0.2) is 9.59 Å². The summed E-state index contributed by atoms with van der Waals surface area (Å²) in [5.74, 6) is -1.41. The van der Waals surface area contributed by atoms with Crippen molar-refractivity contribution in [2.45, 2.75) is 6.54 Å². The van der Waals surface area contributed by atoms with Gasteiger partial charge in [0.2, 0.25) is 5.76 Å². The van der Waals surface area contributed by atoms with Crippen molar-refractivity contribution >= 4 is 35.6 Å². The molecule has 0 bridgehead atoms. The Bertz CT molecular complexity index is 1100. The zero-order valence-electron chi connectivity index (χ0n) is 17.7. The number of primary amides is 1. The predicted molar refractivity (Wildman–Crippen MR) is 113 cm³/mol. The Kier molecular flexibility index (Phi) is 6.47. The summed E-state index contributed by atoms with van der Waals surface area (Å²) in [5, 5.41) is 2.50. The molecular weight excluding hydrogens is 420 g/mol. The topological polar surface area (TPSA) is 144 Å². The van der Waals surface area contributed by atoms with Crippen LogP contribution in [0.5, 0.6) is 5.75 Å². The Labute approximate surface area is 183 Å². The molecule has 1 fully saturated rings. The van der Waals surface area contributed by atoms with E-state index in [1.165, 1.54) is 25.3 Å². The van der Waals surface area contributed by atoms with Crippen LogP contribution in [-0.2, 0) is 20.9 Å². The number of carbonyl (C=O) groups is 4. The maximum atomic E-state index is 12.8. The molecule has 1 aliphatic heterocycles. The zero-order chi connectivity index (χ0) is 23.4. The molecule has 2 heterocycles. The van der Waals surface area contributed by atoms with E-state index in [0.29, 0.717) is 11.3 Å². The van der Waals surface area contributed by atoms with E-state index in [2.05, 4.69) is 10.1 Å². The smallest absolute Gasteiger partial charge is 0.373 e. The van der Waals surface area contributed by atoms with E-state index in [1.807, 2.05) is 19.0 Å². The lowest BCUT2D eigenvalue weighted by Crippen LogP contribution is -2.30. The quantitative estimate of drug-likeness (QED) is 0.351. The number of amides is 4. The maximum Gasteiger partial charge on any atom is 0.373 e. The van der Waals surface area contributed by atoms with Crippen molar-refractivity contribution in [3.63, 3.8) is 0 Å². The summed E-state index contributed by atoms with van der Waals surface area (Å²) in [4.78, 5) is 50.6. The Morgan fingerprint density at radius 1 is 1.22 bits per heavy atom. The van der Waals surface area contributed by atoms with Crippen molar-refractivity contribution in [2.24, 2.45) is 5.73 Å². The van der Waals surface area contributed by atoms with Crippen LogP contribution in [0.2, 0.25) is 0 Å². The van der Waals surface area contributed by atoms with Crippen LogP contribution in [0, 0.1) is 0 Å². The van der Waals surface area contributed by atoms with Gasteiger partial charge in [-0.15, -0.1) is 0 Å². The summed E-state index contributed by atoms with van der Waals surface area (Å²) in [6.45, 7) is -0.524.